The molecule has 1 fully saturated rings. The van der Waals surface area contributed by atoms with Gasteiger partial charge >= 0.3 is 6.18 Å². The molecule has 3 rings (SSSR count). The Morgan fingerprint density at radius 1 is 1.38 bits per heavy atom. The third kappa shape index (κ3) is 3.99. The van der Waals surface area contributed by atoms with Crippen molar-refractivity contribution in [3.8, 4) is 0 Å². The Labute approximate surface area is 182 Å². The summed E-state index contributed by atoms with van der Waals surface area (Å²) in [5, 5.41) is 6.48. The van der Waals surface area contributed by atoms with Gasteiger partial charge in [-0.1, -0.05) is 29.9 Å². The summed E-state index contributed by atoms with van der Waals surface area (Å²) in [6, 6.07) is 2.77. The third-order valence-electron chi connectivity index (χ3n) is 4.70. The highest BCUT2D eigenvalue weighted by molar-refractivity contribution is 9.10. The van der Waals surface area contributed by atoms with Crippen LogP contribution in [-0.2, 0) is 18.0 Å². The minimum absolute atomic E-state index is 0.187. The molecule has 1 aromatic carbocycles. The van der Waals surface area contributed by atoms with Crippen LogP contribution in [0.5, 0.6) is 0 Å². The van der Waals surface area contributed by atoms with E-state index in [0.29, 0.717) is 22.8 Å². The highest BCUT2D eigenvalue weighted by Gasteiger charge is 2.45. The van der Waals surface area contributed by atoms with Crippen LogP contribution in [0.15, 0.2) is 22.7 Å². The lowest BCUT2D eigenvalue weighted by Gasteiger charge is -2.20. The zero-order chi connectivity index (χ0) is 21.7. The maximum absolute atomic E-state index is 13.8. The van der Waals surface area contributed by atoms with Gasteiger partial charge in [-0.3, -0.25) is 9.48 Å². The van der Waals surface area contributed by atoms with E-state index in [2.05, 4.69) is 26.3 Å². The molecule has 2 heterocycles. The lowest BCUT2D eigenvalue weighted by atomic mass is 9.91. The van der Waals surface area contributed by atoms with Crippen molar-refractivity contribution >= 4 is 56.3 Å². The molecular formula is C17H14BrClF4N4OS. The number of aryl methyl sites for hydroxylation is 1. The molecule has 1 amide bonds. The Balaban J connectivity index is 2.00. The number of likely N-dealkylation sites (tertiary alicyclic amines) is 1. The summed E-state index contributed by atoms with van der Waals surface area (Å²) >= 11 is 14.7. The first-order chi connectivity index (χ1) is 13.4. The standard InChI is InChI=1S/C17H14BrClF4N4OS/c1-26-6-7(13-12(18)14(19)25-27(13)2)10(16(26)29)15(28)24-9-5-3-4-8(20)11(9)17(21,22)23/h3-5,7,10H,6H2,1-2H3,(H,24,28)/t7-,10-/m0/s1. The number of hydrogen-bond donors (Lipinski definition) is 1. The quantitative estimate of drug-likeness (QED) is 0.481. The number of anilines is 1. The van der Waals surface area contributed by atoms with Crippen LogP contribution in [0.1, 0.15) is 17.2 Å². The highest BCUT2D eigenvalue weighted by Crippen LogP contribution is 2.41. The summed E-state index contributed by atoms with van der Waals surface area (Å²) in [5.74, 6) is -3.74. The Hall–Kier alpha value is -1.72. The van der Waals surface area contributed by atoms with E-state index in [-0.39, 0.29) is 10.1 Å². The molecule has 1 aromatic heterocycles. The van der Waals surface area contributed by atoms with Crippen LogP contribution in [-0.4, -0.2) is 39.2 Å². The topological polar surface area (TPSA) is 50.2 Å². The number of benzene rings is 1. The van der Waals surface area contributed by atoms with Gasteiger partial charge in [0.1, 0.15) is 11.4 Å². The molecule has 2 atom stereocenters. The highest BCUT2D eigenvalue weighted by atomic mass is 79.9. The maximum atomic E-state index is 13.8. The van der Waals surface area contributed by atoms with Crippen LogP contribution in [0.2, 0.25) is 5.15 Å². The molecule has 1 N–H and O–H groups in total. The summed E-state index contributed by atoms with van der Waals surface area (Å²) in [7, 11) is 3.31. The van der Waals surface area contributed by atoms with E-state index < -0.39 is 41.0 Å². The number of halogens is 6. The van der Waals surface area contributed by atoms with Crippen LogP contribution in [0.25, 0.3) is 0 Å². The fourth-order valence-corrected chi connectivity index (χ4v) is 4.63. The molecule has 0 unspecified atom stereocenters. The second-order valence-electron chi connectivity index (χ2n) is 6.57. The number of carbonyl (C=O) groups excluding carboxylic acids is 1. The Bertz CT molecular complexity index is 997. The largest absolute Gasteiger partial charge is 0.421 e. The summed E-state index contributed by atoms with van der Waals surface area (Å²) in [6.45, 7) is 0.334. The van der Waals surface area contributed by atoms with Crippen LogP contribution in [0.4, 0.5) is 23.2 Å². The predicted molar refractivity (Wildman–Crippen MR) is 107 cm³/mol. The molecule has 5 nitrogen and oxygen atoms in total. The lowest BCUT2D eigenvalue weighted by Crippen LogP contribution is -2.33. The average Bonchev–Trinajstić information content (AvgIpc) is 3.01. The maximum Gasteiger partial charge on any atom is 0.421 e. The van der Waals surface area contributed by atoms with Crippen molar-refractivity contribution in [2.75, 3.05) is 18.9 Å². The minimum Gasteiger partial charge on any atom is -0.368 e. The Kier molecular flexibility index (Phi) is 5.94. The van der Waals surface area contributed by atoms with Crippen LogP contribution >= 0.6 is 39.7 Å². The molecule has 1 saturated heterocycles. The van der Waals surface area contributed by atoms with Gasteiger partial charge in [-0.2, -0.15) is 18.3 Å². The van der Waals surface area contributed by atoms with Crippen LogP contribution in [0.3, 0.4) is 0 Å². The molecule has 0 bridgehead atoms. The first-order valence-electron chi connectivity index (χ1n) is 8.23. The first kappa shape index (κ1) is 22.0. The molecule has 1 aliphatic rings. The van der Waals surface area contributed by atoms with E-state index in [9.17, 15) is 22.4 Å². The van der Waals surface area contributed by atoms with Gasteiger partial charge in [0.15, 0.2) is 5.15 Å². The van der Waals surface area contributed by atoms with Crippen molar-refractivity contribution in [2.24, 2.45) is 13.0 Å². The molecule has 0 radical (unpaired) electrons. The van der Waals surface area contributed by atoms with Gasteiger partial charge in [-0.25, -0.2) is 4.39 Å². The van der Waals surface area contributed by atoms with Crippen molar-refractivity contribution in [3.05, 3.63) is 44.9 Å². The normalized spacial score (nSPS) is 19.7. The summed E-state index contributed by atoms with van der Waals surface area (Å²) in [5.41, 5.74) is -1.62. The van der Waals surface area contributed by atoms with Gasteiger partial charge in [-0.15, -0.1) is 0 Å². The van der Waals surface area contributed by atoms with Gasteiger partial charge in [0.2, 0.25) is 5.91 Å². The molecule has 12 heteroatoms. The minimum atomic E-state index is -4.97. The van der Waals surface area contributed by atoms with Crippen molar-refractivity contribution < 1.29 is 22.4 Å². The summed E-state index contributed by atoms with van der Waals surface area (Å²) in [6.07, 6.45) is -4.97. The van der Waals surface area contributed by atoms with Crippen LogP contribution in [0, 0.1) is 11.7 Å². The molecule has 29 heavy (non-hydrogen) atoms. The fraction of sp³-hybridized carbons (Fsp3) is 0.353. The molecule has 0 spiro atoms. The average molecular weight is 514 g/mol. The monoisotopic (exact) mass is 512 g/mol. The number of aromatic nitrogens is 2. The van der Waals surface area contributed by atoms with Gasteiger partial charge in [-0.05, 0) is 28.1 Å². The summed E-state index contributed by atoms with van der Waals surface area (Å²) < 4.78 is 55.6. The van der Waals surface area contributed by atoms with E-state index in [1.165, 1.54) is 4.68 Å². The third-order valence-corrected chi connectivity index (χ3v) is 6.54. The summed E-state index contributed by atoms with van der Waals surface area (Å²) in [4.78, 5) is 14.9. The smallest absolute Gasteiger partial charge is 0.368 e. The van der Waals surface area contributed by atoms with Crippen molar-refractivity contribution in [3.63, 3.8) is 0 Å². The van der Waals surface area contributed by atoms with E-state index in [0.717, 1.165) is 12.1 Å². The number of hydrogen-bond acceptors (Lipinski definition) is 3. The number of likely N-dealkylation sites (N-methyl/N-ethyl adjacent to an activating group) is 1. The number of rotatable bonds is 3. The van der Waals surface area contributed by atoms with E-state index >= 15 is 0 Å². The number of nitrogens with zero attached hydrogens (tertiary/aromatic N) is 3. The Morgan fingerprint density at radius 2 is 2.03 bits per heavy atom. The SMILES string of the molecule is CN1C[C@H](c2c(Br)c(Cl)nn2C)[C@@H](C(=O)Nc2cccc(F)c2C(F)(F)F)C1=S. The van der Waals surface area contributed by atoms with E-state index in [4.69, 9.17) is 23.8 Å². The molecular weight excluding hydrogens is 500 g/mol. The number of nitrogens with one attached hydrogen (secondary N) is 1. The molecule has 1 aliphatic heterocycles. The molecule has 156 valence electrons. The van der Waals surface area contributed by atoms with Crippen molar-refractivity contribution in [2.45, 2.75) is 12.1 Å². The lowest BCUT2D eigenvalue weighted by molar-refractivity contribution is -0.139. The predicted octanol–water partition coefficient (Wildman–Crippen LogP) is 4.61. The van der Waals surface area contributed by atoms with Gasteiger partial charge in [0, 0.05) is 26.6 Å². The van der Waals surface area contributed by atoms with Gasteiger partial charge in [0.25, 0.3) is 0 Å². The molecule has 0 saturated carbocycles. The van der Waals surface area contributed by atoms with Gasteiger partial charge in [0.05, 0.1) is 26.8 Å². The fourth-order valence-electron chi connectivity index (χ4n) is 3.45. The number of carbonyl (C=O) groups is 1. The zero-order valence-corrected chi connectivity index (χ0v) is 18.2. The second-order valence-corrected chi connectivity index (χ2v) is 8.14. The zero-order valence-electron chi connectivity index (χ0n) is 15.0. The van der Waals surface area contributed by atoms with Gasteiger partial charge < -0.3 is 10.2 Å². The first-order valence-corrected chi connectivity index (χ1v) is 9.80. The van der Waals surface area contributed by atoms with E-state index in [1.807, 2.05) is 0 Å². The van der Waals surface area contributed by atoms with Crippen LogP contribution < -0.4 is 5.32 Å². The van der Waals surface area contributed by atoms with Crippen molar-refractivity contribution in [1.82, 2.24) is 14.7 Å². The van der Waals surface area contributed by atoms with E-state index in [1.54, 1.807) is 19.0 Å². The Morgan fingerprint density at radius 3 is 2.59 bits per heavy atom. The molecule has 2 aromatic rings. The number of amides is 1. The molecule has 0 aliphatic carbocycles. The number of alkyl halides is 3. The second kappa shape index (κ2) is 7.84. The van der Waals surface area contributed by atoms with Crippen molar-refractivity contribution in [1.29, 1.82) is 0 Å². The number of thiocarbonyl (C=S) groups is 1.